The van der Waals surface area contributed by atoms with E-state index >= 15 is 0 Å². The number of alkyl halides is 1. The summed E-state index contributed by atoms with van der Waals surface area (Å²) in [4.78, 5) is 17.9. The first kappa shape index (κ1) is 19.3. The molecule has 1 amide bonds. The van der Waals surface area contributed by atoms with E-state index in [4.69, 9.17) is 0 Å². The molecule has 6 nitrogen and oxygen atoms in total. The second kappa shape index (κ2) is 8.49. The zero-order valence-electron chi connectivity index (χ0n) is 15.4. The fraction of sp³-hybridized carbons (Fsp3) is 0.368. The first-order chi connectivity index (χ1) is 12.9. The monoisotopic (exact) mass is 387 g/mol. The van der Waals surface area contributed by atoms with Gasteiger partial charge in [-0.15, -0.1) is 10.2 Å². The molecule has 8 heteroatoms. The molecule has 1 saturated heterocycles. The molecule has 1 aromatic heterocycles. The third-order valence-electron chi connectivity index (χ3n) is 4.36. The van der Waals surface area contributed by atoms with E-state index in [0.29, 0.717) is 25.3 Å². The van der Waals surface area contributed by atoms with Gasteiger partial charge in [0, 0.05) is 18.7 Å². The van der Waals surface area contributed by atoms with Crippen LogP contribution in [0, 0.1) is 13.8 Å². The van der Waals surface area contributed by atoms with Crippen LogP contribution in [0.5, 0.6) is 0 Å². The van der Waals surface area contributed by atoms with E-state index in [2.05, 4.69) is 27.2 Å². The van der Waals surface area contributed by atoms with E-state index in [1.807, 2.05) is 32.0 Å². The molecule has 1 aromatic carbocycles. The molecule has 2 heterocycles. The van der Waals surface area contributed by atoms with Crippen molar-refractivity contribution in [2.75, 3.05) is 19.6 Å². The summed E-state index contributed by atoms with van der Waals surface area (Å²) >= 11 is 1.52. The number of amides is 1. The lowest BCUT2D eigenvalue weighted by Gasteiger charge is -2.14. The lowest BCUT2D eigenvalue weighted by molar-refractivity contribution is -0.121. The fourth-order valence-corrected chi connectivity index (χ4v) is 3.61. The molecular formula is C19H22FN5OS. The highest BCUT2D eigenvalue weighted by Gasteiger charge is 2.23. The molecule has 0 spiro atoms. The predicted molar refractivity (Wildman–Crippen MR) is 106 cm³/mol. The average Bonchev–Trinajstić information content (AvgIpc) is 3.24. The van der Waals surface area contributed by atoms with Crippen LogP contribution in [-0.4, -0.2) is 53.5 Å². The maximum Gasteiger partial charge on any atom is 0.239 e. The van der Waals surface area contributed by atoms with E-state index in [1.165, 1.54) is 11.3 Å². The Morgan fingerprint density at radius 2 is 2.30 bits per heavy atom. The molecule has 0 bridgehead atoms. The van der Waals surface area contributed by atoms with Crippen molar-refractivity contribution < 1.29 is 9.18 Å². The minimum Gasteiger partial charge on any atom is -0.310 e. The topological polar surface area (TPSA) is 70.5 Å². The molecule has 1 N–H and O–H groups in total. The van der Waals surface area contributed by atoms with Crippen LogP contribution in [0.4, 0.5) is 4.39 Å². The highest BCUT2D eigenvalue weighted by atomic mass is 32.1. The molecule has 0 radical (unpaired) electrons. The maximum atomic E-state index is 13.2. The summed E-state index contributed by atoms with van der Waals surface area (Å²) < 4.78 is 13.2. The van der Waals surface area contributed by atoms with Gasteiger partial charge in [0.05, 0.1) is 6.54 Å². The maximum absolute atomic E-state index is 13.2. The molecule has 0 aliphatic carbocycles. The summed E-state index contributed by atoms with van der Waals surface area (Å²) in [5, 5.41) is 12.7. The van der Waals surface area contributed by atoms with E-state index < -0.39 is 6.17 Å². The molecule has 0 saturated carbocycles. The van der Waals surface area contributed by atoms with E-state index in [-0.39, 0.29) is 12.5 Å². The van der Waals surface area contributed by atoms with Gasteiger partial charge in [-0.3, -0.25) is 9.69 Å². The van der Waals surface area contributed by atoms with Crippen molar-refractivity contribution in [3.05, 3.63) is 40.2 Å². The van der Waals surface area contributed by atoms with Crippen LogP contribution in [0.25, 0.3) is 16.6 Å². The SMILES string of the molecule is C=N/C(=C\c1cc(-c2nnc(C)s2)ccc1C)NC(=O)CN1CC[C@H](F)C1. The van der Waals surface area contributed by atoms with Gasteiger partial charge < -0.3 is 5.32 Å². The first-order valence-electron chi connectivity index (χ1n) is 8.70. The summed E-state index contributed by atoms with van der Waals surface area (Å²) in [5.41, 5.74) is 2.90. The summed E-state index contributed by atoms with van der Waals surface area (Å²) in [6, 6.07) is 5.97. The minimum atomic E-state index is -0.847. The number of aromatic nitrogens is 2. The van der Waals surface area contributed by atoms with Crippen LogP contribution >= 0.6 is 11.3 Å². The number of likely N-dealkylation sites (tertiary alicyclic amines) is 1. The third-order valence-corrected chi connectivity index (χ3v) is 5.25. The van der Waals surface area contributed by atoms with Crippen molar-refractivity contribution in [2.45, 2.75) is 26.4 Å². The van der Waals surface area contributed by atoms with Gasteiger partial charge in [0.25, 0.3) is 0 Å². The van der Waals surface area contributed by atoms with Crippen LogP contribution in [0.3, 0.4) is 0 Å². The molecule has 142 valence electrons. The number of carbonyl (C=O) groups is 1. The summed E-state index contributed by atoms with van der Waals surface area (Å²) in [6.07, 6.45) is 1.41. The number of nitrogens with zero attached hydrogens (tertiary/aromatic N) is 4. The van der Waals surface area contributed by atoms with Gasteiger partial charge in [-0.05, 0) is 50.3 Å². The van der Waals surface area contributed by atoms with Crippen molar-refractivity contribution in [3.63, 3.8) is 0 Å². The van der Waals surface area contributed by atoms with Crippen molar-refractivity contribution >= 4 is 30.0 Å². The van der Waals surface area contributed by atoms with Crippen molar-refractivity contribution in [1.82, 2.24) is 20.4 Å². The standard InChI is InChI=1S/C19H22FN5OS/c1-12-4-5-14(19-24-23-13(2)27-19)8-15(12)9-17(21-3)22-18(26)11-25-7-6-16(20)10-25/h4-5,8-9,16H,3,6-7,10-11H2,1-2H3,(H,22,26)/b17-9+/t16-/m0/s1. The number of carbonyl (C=O) groups excluding carboxylic acids is 1. The highest BCUT2D eigenvalue weighted by Crippen LogP contribution is 2.26. The van der Waals surface area contributed by atoms with E-state index in [9.17, 15) is 9.18 Å². The molecule has 1 aliphatic heterocycles. The second-order valence-corrected chi connectivity index (χ2v) is 7.74. The molecule has 0 unspecified atom stereocenters. The van der Waals surface area contributed by atoms with Crippen molar-refractivity contribution in [3.8, 4) is 10.6 Å². The predicted octanol–water partition coefficient (Wildman–Crippen LogP) is 2.98. The number of hydrogen-bond acceptors (Lipinski definition) is 6. The Morgan fingerprint density at radius 3 is 2.93 bits per heavy atom. The van der Waals surface area contributed by atoms with Crippen molar-refractivity contribution in [2.24, 2.45) is 4.99 Å². The Morgan fingerprint density at radius 1 is 1.48 bits per heavy atom. The minimum absolute atomic E-state index is 0.149. The lowest BCUT2D eigenvalue weighted by Crippen LogP contribution is -2.35. The summed E-state index contributed by atoms with van der Waals surface area (Å²) in [7, 11) is 0. The second-order valence-electron chi connectivity index (χ2n) is 6.55. The Kier molecular flexibility index (Phi) is 6.08. The Hall–Kier alpha value is -2.45. The van der Waals surface area contributed by atoms with Crippen LogP contribution in [0.1, 0.15) is 22.6 Å². The van der Waals surface area contributed by atoms with Gasteiger partial charge in [0.15, 0.2) is 0 Å². The third kappa shape index (κ3) is 5.05. The summed E-state index contributed by atoms with van der Waals surface area (Å²) in [5.74, 6) is 0.140. The molecule has 1 atom stereocenters. The highest BCUT2D eigenvalue weighted by molar-refractivity contribution is 7.14. The zero-order chi connectivity index (χ0) is 19.4. The number of aliphatic imine (C=N–C) groups is 1. The molecule has 1 aliphatic rings. The molecule has 2 aromatic rings. The van der Waals surface area contributed by atoms with Gasteiger partial charge in [0.2, 0.25) is 5.91 Å². The number of benzene rings is 1. The smallest absolute Gasteiger partial charge is 0.239 e. The molecule has 3 rings (SSSR count). The lowest BCUT2D eigenvalue weighted by atomic mass is 10.0. The van der Waals surface area contributed by atoms with Crippen LogP contribution in [0.2, 0.25) is 0 Å². The van der Waals surface area contributed by atoms with Gasteiger partial charge in [-0.2, -0.15) is 0 Å². The summed E-state index contributed by atoms with van der Waals surface area (Å²) in [6.45, 7) is 8.48. The Labute approximate surface area is 161 Å². The molecule has 27 heavy (non-hydrogen) atoms. The van der Waals surface area contributed by atoms with Gasteiger partial charge in [-0.25, -0.2) is 9.38 Å². The van der Waals surface area contributed by atoms with Crippen molar-refractivity contribution in [1.29, 1.82) is 0 Å². The van der Waals surface area contributed by atoms with E-state index in [0.717, 1.165) is 26.7 Å². The Balaban J connectivity index is 1.74. The van der Waals surface area contributed by atoms with Gasteiger partial charge in [0.1, 0.15) is 22.0 Å². The van der Waals surface area contributed by atoms with Crippen LogP contribution in [0.15, 0.2) is 29.0 Å². The van der Waals surface area contributed by atoms with Crippen LogP contribution in [-0.2, 0) is 4.79 Å². The van der Waals surface area contributed by atoms with Crippen LogP contribution < -0.4 is 5.32 Å². The quantitative estimate of drug-likeness (QED) is 0.774. The molecular weight excluding hydrogens is 365 g/mol. The normalized spacial score (nSPS) is 17.9. The number of halogens is 1. The van der Waals surface area contributed by atoms with E-state index in [1.54, 1.807) is 11.0 Å². The van der Waals surface area contributed by atoms with Gasteiger partial charge >= 0.3 is 0 Å². The fourth-order valence-electron chi connectivity index (χ4n) is 2.93. The number of rotatable bonds is 6. The largest absolute Gasteiger partial charge is 0.310 e. The number of aryl methyl sites for hydroxylation is 2. The number of hydrogen-bond donors (Lipinski definition) is 1. The first-order valence-corrected chi connectivity index (χ1v) is 9.52. The Bertz CT molecular complexity index is 879. The zero-order valence-corrected chi connectivity index (χ0v) is 16.2. The number of nitrogens with one attached hydrogen (secondary N) is 1. The molecule has 1 fully saturated rings. The average molecular weight is 387 g/mol. The van der Waals surface area contributed by atoms with Gasteiger partial charge in [-0.1, -0.05) is 23.5 Å².